The van der Waals surface area contributed by atoms with Gasteiger partial charge in [0.15, 0.2) is 11.2 Å². The molecule has 3 heterocycles. The van der Waals surface area contributed by atoms with Crippen LogP contribution in [0, 0.1) is 5.92 Å². The van der Waals surface area contributed by atoms with Crippen LogP contribution in [0.2, 0.25) is 0 Å². The molecule has 1 fully saturated rings. The Labute approximate surface area is 107 Å². The summed E-state index contributed by atoms with van der Waals surface area (Å²) in [6, 6.07) is 0. The molecule has 3 rings (SSSR count). The highest BCUT2D eigenvalue weighted by atomic mass is 16.5. The van der Waals surface area contributed by atoms with E-state index in [1.165, 1.54) is 12.7 Å². The van der Waals surface area contributed by atoms with Gasteiger partial charge in [-0.2, -0.15) is 0 Å². The van der Waals surface area contributed by atoms with Crippen LogP contribution in [0.15, 0.2) is 17.4 Å². The molecule has 8 heteroatoms. The summed E-state index contributed by atoms with van der Waals surface area (Å²) in [6.07, 6.45) is 0.837. The second kappa shape index (κ2) is 4.41. The number of ether oxygens (including phenoxy) is 1. The number of nitrogens with zero attached hydrogens (tertiary/aromatic N) is 3. The summed E-state index contributed by atoms with van der Waals surface area (Å²) in [6.45, 7) is 1.55. The Balaban J connectivity index is 2.06. The van der Waals surface area contributed by atoms with E-state index in [9.17, 15) is 9.90 Å². The van der Waals surface area contributed by atoms with E-state index in [1.54, 1.807) is 4.57 Å². The molecule has 0 amide bonds. The number of aromatic amines is 1. The second-order valence-corrected chi connectivity index (χ2v) is 4.65. The van der Waals surface area contributed by atoms with Crippen LogP contribution in [0.1, 0.15) is 13.2 Å². The molecule has 0 aromatic carbocycles. The van der Waals surface area contributed by atoms with Gasteiger partial charge in [0, 0.05) is 5.92 Å². The molecule has 1 aliphatic heterocycles. The van der Waals surface area contributed by atoms with E-state index in [0.29, 0.717) is 5.65 Å². The van der Waals surface area contributed by atoms with Crippen molar-refractivity contribution in [1.82, 2.24) is 19.5 Å². The van der Waals surface area contributed by atoms with Crippen molar-refractivity contribution in [1.29, 1.82) is 0 Å². The lowest BCUT2D eigenvalue weighted by Gasteiger charge is -2.17. The first-order chi connectivity index (χ1) is 9.13. The molecule has 0 bridgehead atoms. The zero-order valence-electron chi connectivity index (χ0n) is 10.2. The fourth-order valence-electron chi connectivity index (χ4n) is 2.41. The van der Waals surface area contributed by atoms with Gasteiger partial charge in [0.1, 0.15) is 12.3 Å². The largest absolute Gasteiger partial charge is 0.394 e. The molecule has 4 atom stereocenters. The summed E-state index contributed by atoms with van der Waals surface area (Å²) in [5.41, 5.74) is 0.292. The molecule has 1 saturated heterocycles. The standard InChI is InChI=1S/C11H14N4O4/c1-5-8(17)6(2-16)19-11(5)15-4-14-7-9(15)12-3-13-10(7)18/h3-6,8,11,16-17H,2H2,1H3,(H,12,13,18)/t5?,6-,8?,11-/m1/s1. The maximum Gasteiger partial charge on any atom is 0.278 e. The quantitative estimate of drug-likeness (QED) is 0.643. The molecule has 2 aromatic heterocycles. The monoisotopic (exact) mass is 266 g/mol. The molecule has 3 N–H and O–H groups in total. The average molecular weight is 266 g/mol. The van der Waals surface area contributed by atoms with Crippen molar-refractivity contribution in [2.24, 2.45) is 5.92 Å². The summed E-state index contributed by atoms with van der Waals surface area (Å²) >= 11 is 0. The van der Waals surface area contributed by atoms with Crippen molar-refractivity contribution in [3.05, 3.63) is 23.0 Å². The highest BCUT2D eigenvalue weighted by Gasteiger charge is 2.42. The van der Waals surface area contributed by atoms with Gasteiger partial charge in [-0.15, -0.1) is 0 Å². The fourth-order valence-corrected chi connectivity index (χ4v) is 2.41. The molecule has 0 saturated carbocycles. The lowest BCUT2D eigenvalue weighted by molar-refractivity contribution is -0.0447. The molecule has 0 radical (unpaired) electrons. The van der Waals surface area contributed by atoms with Gasteiger partial charge in [-0.25, -0.2) is 9.97 Å². The van der Waals surface area contributed by atoms with E-state index in [0.717, 1.165) is 0 Å². The van der Waals surface area contributed by atoms with Gasteiger partial charge in [-0.1, -0.05) is 6.92 Å². The van der Waals surface area contributed by atoms with Gasteiger partial charge in [0.2, 0.25) is 0 Å². The normalized spacial score (nSPS) is 31.1. The molecular weight excluding hydrogens is 252 g/mol. The zero-order valence-corrected chi connectivity index (χ0v) is 10.2. The Bertz CT molecular complexity index is 651. The number of hydrogen-bond donors (Lipinski definition) is 3. The summed E-state index contributed by atoms with van der Waals surface area (Å²) in [5, 5.41) is 19.1. The summed E-state index contributed by atoms with van der Waals surface area (Å²) in [4.78, 5) is 22.1. The predicted octanol–water partition coefficient (Wildman–Crippen LogP) is -0.994. The number of fused-ring (bicyclic) bond motifs is 1. The summed E-state index contributed by atoms with van der Waals surface area (Å²) < 4.78 is 7.20. The highest BCUT2D eigenvalue weighted by Crippen LogP contribution is 2.35. The Morgan fingerprint density at radius 1 is 1.53 bits per heavy atom. The molecular formula is C11H14N4O4. The van der Waals surface area contributed by atoms with Gasteiger partial charge in [-0.05, 0) is 0 Å². The van der Waals surface area contributed by atoms with Crippen molar-refractivity contribution in [2.75, 3.05) is 6.61 Å². The van der Waals surface area contributed by atoms with Gasteiger partial charge in [0.05, 0.1) is 25.4 Å². The van der Waals surface area contributed by atoms with Crippen molar-refractivity contribution < 1.29 is 14.9 Å². The Hall–Kier alpha value is -1.77. The smallest absolute Gasteiger partial charge is 0.278 e. The third-order valence-corrected chi connectivity index (χ3v) is 3.50. The lowest BCUT2D eigenvalue weighted by atomic mass is 10.0. The number of aliphatic hydroxyl groups excluding tert-OH is 2. The second-order valence-electron chi connectivity index (χ2n) is 4.65. The minimum Gasteiger partial charge on any atom is -0.394 e. The van der Waals surface area contributed by atoms with Crippen LogP contribution >= 0.6 is 0 Å². The van der Waals surface area contributed by atoms with Gasteiger partial charge in [-0.3, -0.25) is 9.36 Å². The van der Waals surface area contributed by atoms with Crippen LogP contribution in [0.3, 0.4) is 0 Å². The predicted molar refractivity (Wildman–Crippen MR) is 64.3 cm³/mol. The number of aliphatic hydroxyl groups is 2. The van der Waals surface area contributed by atoms with Crippen LogP contribution in [0.4, 0.5) is 0 Å². The maximum absolute atomic E-state index is 11.6. The third-order valence-electron chi connectivity index (χ3n) is 3.50. The number of aromatic nitrogens is 4. The summed E-state index contributed by atoms with van der Waals surface area (Å²) in [7, 11) is 0. The van der Waals surface area contributed by atoms with E-state index in [-0.39, 0.29) is 23.6 Å². The molecule has 2 aromatic rings. The van der Waals surface area contributed by atoms with Crippen LogP contribution < -0.4 is 5.56 Å². The van der Waals surface area contributed by atoms with Gasteiger partial charge in [0.25, 0.3) is 5.56 Å². The molecule has 8 nitrogen and oxygen atoms in total. The van der Waals surface area contributed by atoms with Gasteiger partial charge >= 0.3 is 0 Å². The number of hydrogen-bond acceptors (Lipinski definition) is 6. The van der Waals surface area contributed by atoms with Crippen molar-refractivity contribution in [2.45, 2.75) is 25.4 Å². The first-order valence-electron chi connectivity index (χ1n) is 5.98. The van der Waals surface area contributed by atoms with E-state index >= 15 is 0 Å². The van der Waals surface area contributed by atoms with Crippen molar-refractivity contribution in [3.8, 4) is 0 Å². The topological polar surface area (TPSA) is 113 Å². The first-order valence-corrected chi connectivity index (χ1v) is 5.98. The first kappa shape index (κ1) is 12.3. The van der Waals surface area contributed by atoms with E-state index in [4.69, 9.17) is 9.84 Å². The third kappa shape index (κ3) is 1.76. The molecule has 2 unspecified atom stereocenters. The summed E-state index contributed by atoms with van der Waals surface area (Å²) in [5.74, 6) is -0.240. The van der Waals surface area contributed by atoms with Crippen molar-refractivity contribution in [3.63, 3.8) is 0 Å². The molecule has 102 valence electrons. The van der Waals surface area contributed by atoms with Crippen LogP contribution in [-0.4, -0.2) is 48.5 Å². The number of H-pyrrole nitrogens is 1. The minimum absolute atomic E-state index is 0.222. The zero-order chi connectivity index (χ0) is 13.6. The minimum atomic E-state index is -0.769. The SMILES string of the molecule is CC1C(O)[C@@H](CO)O[C@H]1n1cnc2c(=O)[nH]cnc21. The van der Waals surface area contributed by atoms with Crippen LogP contribution in [0.5, 0.6) is 0 Å². The molecule has 0 aliphatic carbocycles. The molecule has 19 heavy (non-hydrogen) atoms. The molecule has 0 spiro atoms. The van der Waals surface area contributed by atoms with E-state index in [1.807, 2.05) is 6.92 Å². The lowest BCUT2D eigenvalue weighted by Crippen LogP contribution is -2.28. The van der Waals surface area contributed by atoms with Crippen molar-refractivity contribution >= 4 is 11.2 Å². The van der Waals surface area contributed by atoms with E-state index < -0.39 is 18.4 Å². The highest BCUT2D eigenvalue weighted by molar-refractivity contribution is 5.68. The Morgan fingerprint density at radius 3 is 3.00 bits per heavy atom. The Morgan fingerprint density at radius 2 is 2.32 bits per heavy atom. The average Bonchev–Trinajstić information content (AvgIpc) is 2.94. The van der Waals surface area contributed by atoms with Crippen LogP contribution in [-0.2, 0) is 4.74 Å². The number of imidazole rings is 1. The molecule has 1 aliphatic rings. The number of nitrogens with one attached hydrogen (secondary N) is 1. The Kier molecular flexibility index (Phi) is 2.85. The van der Waals surface area contributed by atoms with E-state index in [2.05, 4.69) is 15.0 Å². The van der Waals surface area contributed by atoms with Crippen LogP contribution in [0.25, 0.3) is 11.2 Å². The number of rotatable bonds is 2. The fraction of sp³-hybridized carbons (Fsp3) is 0.545. The van der Waals surface area contributed by atoms with Gasteiger partial charge < -0.3 is 19.9 Å². The maximum atomic E-state index is 11.6.